The van der Waals surface area contributed by atoms with Crippen molar-refractivity contribution in [1.29, 1.82) is 0 Å². The number of aliphatic carboxylic acids is 4. The minimum Gasteiger partial charge on any atom is -0.550 e. The Kier molecular flexibility index (Phi) is 103. The number of carboxylic acid groups (broad SMARTS) is 4. The predicted octanol–water partition coefficient (Wildman–Crippen LogP) is 19.6. The Bertz CT molecular complexity index is 998. The van der Waals surface area contributed by atoms with E-state index in [9.17, 15) is 39.6 Å². The molecule has 0 rings (SSSR count). The molecule has 0 aromatic heterocycles. The molecular weight excluding hydrogens is 1240 g/mol. The van der Waals surface area contributed by atoms with Gasteiger partial charge < -0.3 is 39.6 Å². The molecule has 0 saturated heterocycles. The largest absolute Gasteiger partial charge is 2.00 e. The molecule has 0 saturated carbocycles. The van der Waals surface area contributed by atoms with Crippen LogP contribution in [-0.2, 0) is 46.5 Å². The van der Waals surface area contributed by atoms with Crippen LogP contribution in [0.5, 0.6) is 0 Å². The Morgan fingerprint density at radius 1 is 0.171 bits per heavy atom. The van der Waals surface area contributed by atoms with Crippen LogP contribution in [0.1, 0.15) is 439 Å². The van der Waals surface area contributed by atoms with Gasteiger partial charge in [-0.15, -0.1) is 0 Å². The van der Waals surface area contributed by atoms with E-state index in [1.165, 1.54) is 334 Å². The van der Waals surface area contributed by atoms with Crippen LogP contribution in [0.15, 0.2) is 0 Å². The summed E-state index contributed by atoms with van der Waals surface area (Å²) in [5.41, 5.74) is 0. The third-order valence-corrected chi connectivity index (χ3v) is 15.9. The molecule has 0 aliphatic heterocycles. The predicted molar refractivity (Wildman–Crippen MR) is 344 cm³/mol. The summed E-state index contributed by atoms with van der Waals surface area (Å²) in [4.78, 5) is 40.9. The summed E-state index contributed by atoms with van der Waals surface area (Å²) in [6.07, 6.45) is 79.4. The summed E-state index contributed by atoms with van der Waals surface area (Å²) in [6.45, 7) is 9.07. The SMILES string of the molecule is CCCCCCCCCCCCCCCCCC(=O)[O-].CCCCCCCCCCCCCCCCCC(=O)[O-].CCCCCCCCCCCCCCCCCC(=O)[O-].CCCCCCCCCCCCCCCCCC(=O)[O-].[Ba+2].[Cd+2]. The Labute approximate surface area is 572 Å². The minimum absolute atomic E-state index is 0. The topological polar surface area (TPSA) is 161 Å². The third-order valence-electron chi connectivity index (χ3n) is 15.9. The van der Waals surface area contributed by atoms with E-state index in [-0.39, 0.29) is 102 Å². The molecule has 0 aromatic carbocycles. The van der Waals surface area contributed by atoms with Crippen LogP contribution < -0.4 is 20.4 Å². The molecule has 0 aliphatic carbocycles. The molecule has 0 aromatic rings. The van der Waals surface area contributed by atoms with E-state index in [4.69, 9.17) is 0 Å². The number of rotatable bonds is 64. The number of carboxylic acids is 4. The number of hydrogen-bond donors (Lipinski definition) is 0. The Balaban J connectivity index is -0.000000233. The molecule has 0 atom stereocenters. The van der Waals surface area contributed by atoms with Gasteiger partial charge in [0.15, 0.2) is 0 Å². The van der Waals surface area contributed by atoms with Gasteiger partial charge in [0.1, 0.15) is 0 Å². The number of carbonyl (C=O) groups excluding carboxylic acids is 4. The van der Waals surface area contributed by atoms with Crippen molar-refractivity contribution in [3.63, 3.8) is 0 Å². The standard InChI is InChI=1S/4C18H36O2.Ba.Cd/c4*1-2-3-4-5-6-7-8-9-10-11-12-13-14-15-16-17-18(19)20;;/h4*2-17H2,1H3,(H,19,20);;/q;;;;2*+2/p-4. The molecule has 10 heteroatoms. The zero-order chi connectivity index (χ0) is 59.6. The first-order valence-electron chi connectivity index (χ1n) is 35.9. The van der Waals surface area contributed by atoms with E-state index in [2.05, 4.69) is 27.7 Å². The van der Waals surface area contributed by atoms with Crippen molar-refractivity contribution in [2.24, 2.45) is 0 Å². The monoisotopic (exact) mass is 1380 g/mol. The van der Waals surface area contributed by atoms with Crippen molar-refractivity contribution in [1.82, 2.24) is 0 Å². The van der Waals surface area contributed by atoms with Crippen molar-refractivity contribution in [3.05, 3.63) is 0 Å². The van der Waals surface area contributed by atoms with Gasteiger partial charge in [-0.3, -0.25) is 0 Å². The van der Waals surface area contributed by atoms with E-state index in [1.54, 1.807) is 0 Å². The van der Waals surface area contributed by atoms with Gasteiger partial charge in [-0.25, -0.2) is 0 Å². The smallest absolute Gasteiger partial charge is 0.550 e. The van der Waals surface area contributed by atoms with Gasteiger partial charge >= 0.3 is 76.2 Å². The summed E-state index contributed by atoms with van der Waals surface area (Å²) >= 11 is 0. The molecule has 0 bridgehead atoms. The zero-order valence-electron chi connectivity index (χ0n) is 55.9. The fourth-order valence-corrected chi connectivity index (χ4v) is 10.6. The summed E-state index contributed by atoms with van der Waals surface area (Å²) in [5.74, 6) is -3.61. The van der Waals surface area contributed by atoms with E-state index in [1.807, 2.05) is 0 Å². The van der Waals surface area contributed by atoms with Crippen LogP contribution in [0.3, 0.4) is 0 Å². The van der Waals surface area contributed by atoms with Crippen LogP contribution in [0.4, 0.5) is 0 Å². The fourth-order valence-electron chi connectivity index (χ4n) is 10.6. The second-order valence-electron chi connectivity index (χ2n) is 24.3. The number of unbranched alkanes of at least 4 members (excludes halogenated alkanes) is 56. The minimum atomic E-state index is -0.903. The average Bonchev–Trinajstić information content (AvgIpc) is 3.43. The van der Waals surface area contributed by atoms with Gasteiger partial charge in [0, 0.05) is 23.9 Å². The maximum Gasteiger partial charge on any atom is 2.00 e. The Morgan fingerprint density at radius 2 is 0.244 bits per heavy atom. The molecular formula is C72H140BaCdO8. The molecule has 0 aliphatic rings. The third kappa shape index (κ3) is 108. The summed E-state index contributed by atoms with van der Waals surface area (Å²) in [6, 6.07) is 0. The maximum absolute atomic E-state index is 10.2. The van der Waals surface area contributed by atoms with E-state index in [0.717, 1.165) is 51.4 Å². The van der Waals surface area contributed by atoms with Crippen molar-refractivity contribution in [2.45, 2.75) is 439 Å². The molecule has 0 radical (unpaired) electrons. The number of carbonyl (C=O) groups is 4. The fraction of sp³-hybridized carbons (Fsp3) is 0.944. The molecule has 82 heavy (non-hydrogen) atoms. The van der Waals surface area contributed by atoms with Crippen molar-refractivity contribution in [2.75, 3.05) is 0 Å². The number of hydrogen-bond acceptors (Lipinski definition) is 8. The first kappa shape index (κ1) is 93.5. The summed E-state index contributed by atoms with van der Waals surface area (Å²) in [7, 11) is 0. The summed E-state index contributed by atoms with van der Waals surface area (Å²) in [5, 5.41) is 40.9. The van der Waals surface area contributed by atoms with Gasteiger partial charge in [0.2, 0.25) is 0 Å². The average molecular weight is 1380 g/mol. The Morgan fingerprint density at radius 3 is 0.317 bits per heavy atom. The Hall–Kier alpha value is 0.374. The van der Waals surface area contributed by atoms with Crippen LogP contribution in [-0.4, -0.2) is 72.8 Å². The van der Waals surface area contributed by atoms with Crippen LogP contribution >= 0.6 is 0 Å². The summed E-state index contributed by atoms with van der Waals surface area (Å²) < 4.78 is 0. The van der Waals surface area contributed by atoms with Gasteiger partial charge in [-0.2, -0.15) is 0 Å². The molecule has 8 nitrogen and oxygen atoms in total. The second-order valence-corrected chi connectivity index (χ2v) is 24.3. The molecule has 0 fully saturated rings. The second kappa shape index (κ2) is 90.1. The van der Waals surface area contributed by atoms with Gasteiger partial charge in [0.05, 0.1) is 0 Å². The van der Waals surface area contributed by atoms with Gasteiger partial charge in [0.25, 0.3) is 0 Å². The van der Waals surface area contributed by atoms with Crippen LogP contribution in [0.25, 0.3) is 0 Å². The van der Waals surface area contributed by atoms with Crippen LogP contribution in [0, 0.1) is 0 Å². The van der Waals surface area contributed by atoms with Crippen LogP contribution in [0.2, 0.25) is 0 Å². The molecule has 0 unspecified atom stereocenters. The van der Waals surface area contributed by atoms with E-state index < -0.39 is 23.9 Å². The normalized spacial score (nSPS) is 10.6. The quantitative estimate of drug-likeness (QED) is 0.0430. The van der Waals surface area contributed by atoms with Gasteiger partial charge in [-0.1, -0.05) is 387 Å². The van der Waals surface area contributed by atoms with E-state index in [0.29, 0.717) is 0 Å². The molecule has 0 amide bonds. The van der Waals surface area contributed by atoms with Crippen molar-refractivity contribution >= 4 is 72.8 Å². The first-order valence-corrected chi connectivity index (χ1v) is 35.9. The zero-order valence-corrected chi connectivity index (χ0v) is 64.4. The van der Waals surface area contributed by atoms with E-state index >= 15 is 0 Å². The molecule has 0 spiro atoms. The molecule has 0 heterocycles. The van der Waals surface area contributed by atoms with Gasteiger partial charge in [-0.05, 0) is 51.4 Å². The first-order chi connectivity index (χ1) is 39.1. The molecule has 480 valence electrons. The molecule has 0 N–H and O–H groups in total. The van der Waals surface area contributed by atoms with Crippen molar-refractivity contribution < 1.29 is 66.9 Å². The maximum atomic E-state index is 10.2. The van der Waals surface area contributed by atoms with Crippen molar-refractivity contribution in [3.8, 4) is 0 Å².